The summed E-state index contributed by atoms with van der Waals surface area (Å²) in [5, 5.41) is 3.50. The molecule has 2 atom stereocenters. The Labute approximate surface area is 88.4 Å². The molecule has 0 saturated carbocycles. The summed E-state index contributed by atoms with van der Waals surface area (Å²) in [4.78, 5) is 0. The molecule has 14 heavy (non-hydrogen) atoms. The lowest BCUT2D eigenvalue weighted by Crippen LogP contribution is -2.53. The van der Waals surface area contributed by atoms with Gasteiger partial charge in [-0.25, -0.2) is 0 Å². The highest BCUT2D eigenvalue weighted by Crippen LogP contribution is 2.26. The van der Waals surface area contributed by atoms with E-state index in [4.69, 9.17) is 4.74 Å². The molecule has 1 fully saturated rings. The van der Waals surface area contributed by atoms with E-state index in [1.54, 1.807) is 0 Å². The number of ether oxygens (including phenoxy) is 1. The van der Waals surface area contributed by atoms with Crippen LogP contribution in [0.2, 0.25) is 0 Å². The van der Waals surface area contributed by atoms with E-state index < -0.39 is 0 Å². The van der Waals surface area contributed by atoms with Crippen LogP contribution in [-0.2, 0) is 4.74 Å². The average molecular weight is 199 g/mol. The van der Waals surface area contributed by atoms with Gasteiger partial charge in [0, 0.05) is 13.1 Å². The minimum atomic E-state index is 0.0610. The molecule has 0 amide bonds. The Hall–Kier alpha value is -0.0800. The van der Waals surface area contributed by atoms with Crippen LogP contribution in [0.5, 0.6) is 0 Å². The van der Waals surface area contributed by atoms with Crippen molar-refractivity contribution in [1.82, 2.24) is 5.32 Å². The molecule has 0 radical (unpaired) electrons. The number of nitrogens with one attached hydrogen (secondary N) is 1. The van der Waals surface area contributed by atoms with Crippen molar-refractivity contribution in [2.24, 2.45) is 5.92 Å². The molecule has 84 valence electrons. The topological polar surface area (TPSA) is 21.3 Å². The molecule has 0 spiro atoms. The summed E-state index contributed by atoms with van der Waals surface area (Å²) in [6.07, 6.45) is 3.96. The molecule has 1 N–H and O–H groups in total. The fourth-order valence-electron chi connectivity index (χ4n) is 2.21. The maximum atomic E-state index is 6.20. The fraction of sp³-hybridized carbons (Fsp3) is 1.00. The summed E-state index contributed by atoms with van der Waals surface area (Å²) < 4.78 is 6.20. The highest BCUT2D eigenvalue weighted by atomic mass is 16.5. The van der Waals surface area contributed by atoms with Crippen molar-refractivity contribution in [3.8, 4) is 0 Å². The molecule has 1 rings (SSSR count). The number of rotatable bonds is 4. The van der Waals surface area contributed by atoms with Crippen LogP contribution >= 0.6 is 0 Å². The third kappa shape index (κ3) is 2.71. The summed E-state index contributed by atoms with van der Waals surface area (Å²) in [7, 11) is 0. The Kier molecular flexibility index (Phi) is 4.39. The minimum Gasteiger partial charge on any atom is -0.369 e. The Morgan fingerprint density at radius 1 is 1.36 bits per heavy atom. The SMILES string of the molecule is CCC(CC)C1CNCC(C)(CC)O1. The van der Waals surface area contributed by atoms with Gasteiger partial charge in [0.1, 0.15) is 0 Å². The molecule has 1 aliphatic heterocycles. The smallest absolute Gasteiger partial charge is 0.0780 e. The summed E-state index contributed by atoms with van der Waals surface area (Å²) in [5.74, 6) is 0.716. The zero-order chi connectivity index (χ0) is 10.6. The second-order valence-corrected chi connectivity index (χ2v) is 4.67. The Balaban J connectivity index is 2.54. The van der Waals surface area contributed by atoms with E-state index in [0.717, 1.165) is 19.5 Å². The van der Waals surface area contributed by atoms with E-state index in [1.807, 2.05) is 0 Å². The summed E-state index contributed by atoms with van der Waals surface area (Å²) >= 11 is 0. The third-order valence-corrected chi connectivity index (χ3v) is 3.60. The highest BCUT2D eigenvalue weighted by Gasteiger charge is 2.33. The lowest BCUT2D eigenvalue weighted by Gasteiger charge is -2.41. The maximum absolute atomic E-state index is 6.20. The first kappa shape index (κ1) is 12.0. The lowest BCUT2D eigenvalue weighted by atomic mass is 9.92. The molecular weight excluding hydrogens is 174 g/mol. The van der Waals surface area contributed by atoms with Crippen molar-refractivity contribution < 1.29 is 4.74 Å². The summed E-state index contributed by atoms with van der Waals surface area (Å²) in [6, 6.07) is 0. The van der Waals surface area contributed by atoms with Crippen LogP contribution in [-0.4, -0.2) is 24.8 Å². The van der Waals surface area contributed by atoms with Gasteiger partial charge < -0.3 is 10.1 Å². The predicted octanol–water partition coefficient (Wildman–Crippen LogP) is 2.58. The Morgan fingerprint density at radius 3 is 2.50 bits per heavy atom. The predicted molar refractivity (Wildman–Crippen MR) is 60.5 cm³/mol. The van der Waals surface area contributed by atoms with Crippen molar-refractivity contribution in [2.75, 3.05) is 13.1 Å². The Bertz CT molecular complexity index is 168. The molecular formula is C12H25NO. The molecule has 0 aromatic rings. The van der Waals surface area contributed by atoms with E-state index in [9.17, 15) is 0 Å². The van der Waals surface area contributed by atoms with Gasteiger partial charge in [-0.05, 0) is 19.3 Å². The molecule has 2 heteroatoms. The van der Waals surface area contributed by atoms with Gasteiger partial charge in [0.05, 0.1) is 11.7 Å². The van der Waals surface area contributed by atoms with Crippen LogP contribution in [0.15, 0.2) is 0 Å². The van der Waals surface area contributed by atoms with E-state index in [1.165, 1.54) is 12.8 Å². The summed E-state index contributed by atoms with van der Waals surface area (Å²) in [6.45, 7) is 11.0. The number of morpholine rings is 1. The third-order valence-electron chi connectivity index (χ3n) is 3.60. The molecule has 1 aliphatic rings. The fourth-order valence-corrected chi connectivity index (χ4v) is 2.21. The number of hydrogen-bond acceptors (Lipinski definition) is 2. The largest absolute Gasteiger partial charge is 0.369 e. The zero-order valence-corrected chi connectivity index (χ0v) is 10.1. The second kappa shape index (κ2) is 5.13. The minimum absolute atomic E-state index is 0.0610. The van der Waals surface area contributed by atoms with E-state index in [2.05, 4.69) is 33.0 Å². The van der Waals surface area contributed by atoms with Crippen LogP contribution in [0.4, 0.5) is 0 Å². The Morgan fingerprint density at radius 2 is 2.00 bits per heavy atom. The van der Waals surface area contributed by atoms with Gasteiger partial charge in [-0.2, -0.15) is 0 Å². The first-order valence-corrected chi connectivity index (χ1v) is 6.03. The van der Waals surface area contributed by atoms with Crippen molar-refractivity contribution in [3.63, 3.8) is 0 Å². The average Bonchev–Trinajstić information content (AvgIpc) is 2.20. The molecule has 0 aromatic heterocycles. The van der Waals surface area contributed by atoms with Crippen LogP contribution < -0.4 is 5.32 Å². The second-order valence-electron chi connectivity index (χ2n) is 4.67. The van der Waals surface area contributed by atoms with E-state index in [0.29, 0.717) is 12.0 Å². The maximum Gasteiger partial charge on any atom is 0.0780 e. The van der Waals surface area contributed by atoms with Gasteiger partial charge >= 0.3 is 0 Å². The molecule has 2 nitrogen and oxygen atoms in total. The molecule has 1 heterocycles. The molecule has 0 aliphatic carbocycles. The normalized spacial score (nSPS) is 33.6. The van der Waals surface area contributed by atoms with E-state index >= 15 is 0 Å². The van der Waals surface area contributed by atoms with Crippen molar-refractivity contribution in [1.29, 1.82) is 0 Å². The van der Waals surface area contributed by atoms with Crippen LogP contribution in [0.3, 0.4) is 0 Å². The standard InChI is InChI=1S/C12H25NO/c1-5-10(6-2)11-8-13-9-12(4,7-3)14-11/h10-11,13H,5-9H2,1-4H3. The van der Waals surface area contributed by atoms with Gasteiger partial charge in [-0.1, -0.05) is 33.6 Å². The molecule has 0 bridgehead atoms. The van der Waals surface area contributed by atoms with Crippen molar-refractivity contribution in [2.45, 2.75) is 58.7 Å². The quantitative estimate of drug-likeness (QED) is 0.751. The number of hydrogen-bond donors (Lipinski definition) is 1. The zero-order valence-electron chi connectivity index (χ0n) is 10.1. The van der Waals surface area contributed by atoms with Crippen molar-refractivity contribution in [3.05, 3.63) is 0 Å². The first-order chi connectivity index (χ1) is 6.65. The van der Waals surface area contributed by atoms with Crippen LogP contribution in [0.25, 0.3) is 0 Å². The molecule has 1 saturated heterocycles. The first-order valence-electron chi connectivity index (χ1n) is 6.03. The van der Waals surface area contributed by atoms with Gasteiger partial charge in [0.25, 0.3) is 0 Å². The van der Waals surface area contributed by atoms with Gasteiger partial charge in [0.15, 0.2) is 0 Å². The monoisotopic (exact) mass is 199 g/mol. The summed E-state index contributed by atoms with van der Waals surface area (Å²) in [5.41, 5.74) is 0.0610. The van der Waals surface area contributed by atoms with Gasteiger partial charge in [0.2, 0.25) is 0 Å². The van der Waals surface area contributed by atoms with Gasteiger partial charge in [-0.15, -0.1) is 0 Å². The molecule has 2 unspecified atom stereocenters. The van der Waals surface area contributed by atoms with Crippen LogP contribution in [0, 0.1) is 5.92 Å². The lowest BCUT2D eigenvalue weighted by molar-refractivity contribution is -0.128. The van der Waals surface area contributed by atoms with Crippen LogP contribution in [0.1, 0.15) is 47.0 Å². The molecule has 0 aromatic carbocycles. The van der Waals surface area contributed by atoms with Crippen molar-refractivity contribution >= 4 is 0 Å². The van der Waals surface area contributed by atoms with Gasteiger partial charge in [-0.3, -0.25) is 0 Å². The highest BCUT2D eigenvalue weighted by molar-refractivity contribution is 4.86. The van der Waals surface area contributed by atoms with E-state index in [-0.39, 0.29) is 5.60 Å².